The van der Waals surface area contributed by atoms with Crippen molar-refractivity contribution < 1.29 is 0 Å². The van der Waals surface area contributed by atoms with Gasteiger partial charge in [0.2, 0.25) is 0 Å². The van der Waals surface area contributed by atoms with Gasteiger partial charge in [-0.15, -0.1) is 11.3 Å². The van der Waals surface area contributed by atoms with E-state index in [9.17, 15) is 0 Å². The Morgan fingerprint density at radius 3 is 2.67 bits per heavy atom. The molecule has 1 fully saturated rings. The maximum absolute atomic E-state index is 4.91. The van der Waals surface area contributed by atoms with Gasteiger partial charge in [0.25, 0.3) is 0 Å². The molecule has 0 radical (unpaired) electrons. The van der Waals surface area contributed by atoms with E-state index in [-0.39, 0.29) is 0 Å². The smallest absolute Gasteiger partial charge is 0.0966 e. The molecule has 3 heteroatoms. The topological polar surface area (TPSA) is 12.9 Å². The van der Waals surface area contributed by atoms with Gasteiger partial charge in [0.1, 0.15) is 0 Å². The van der Waals surface area contributed by atoms with Gasteiger partial charge >= 0.3 is 0 Å². The van der Waals surface area contributed by atoms with Crippen LogP contribution in [0, 0.1) is 6.92 Å². The van der Waals surface area contributed by atoms with Gasteiger partial charge in [-0.2, -0.15) is 0 Å². The van der Waals surface area contributed by atoms with Crippen LogP contribution in [0.4, 0.5) is 0 Å². The molecule has 94 valence electrons. The summed E-state index contributed by atoms with van der Waals surface area (Å²) in [5, 5.41) is 1.34. The molecule has 0 bridgehead atoms. The molecular weight excluding hydrogens is 306 g/mol. The Hall–Kier alpha value is -0.670. The molecule has 0 atom stereocenters. The molecule has 1 heterocycles. The maximum Gasteiger partial charge on any atom is 0.0966 e. The summed E-state index contributed by atoms with van der Waals surface area (Å²) in [5.74, 6) is 0.713. The summed E-state index contributed by atoms with van der Waals surface area (Å²) in [6, 6.07) is 8.36. The van der Waals surface area contributed by atoms with Gasteiger partial charge in [-0.3, -0.25) is 0 Å². The monoisotopic (exact) mass is 321 g/mol. The molecule has 0 saturated heterocycles. The van der Waals surface area contributed by atoms with E-state index in [1.54, 1.807) is 0 Å². The number of nitrogens with zero attached hydrogens (tertiary/aromatic N) is 1. The van der Waals surface area contributed by atoms with E-state index < -0.39 is 0 Å². The highest BCUT2D eigenvalue weighted by molar-refractivity contribution is 9.10. The van der Waals surface area contributed by atoms with Crippen molar-refractivity contribution in [2.45, 2.75) is 38.5 Å². The number of halogens is 1. The Morgan fingerprint density at radius 1 is 1.22 bits per heavy atom. The lowest BCUT2D eigenvalue weighted by molar-refractivity contribution is 0.717. The van der Waals surface area contributed by atoms with Crippen LogP contribution in [0.1, 0.15) is 41.5 Å². The Labute approximate surface area is 120 Å². The second-order valence-electron chi connectivity index (χ2n) is 4.92. The Morgan fingerprint density at radius 2 is 1.94 bits per heavy atom. The Kier molecular flexibility index (Phi) is 3.53. The van der Waals surface area contributed by atoms with Gasteiger partial charge < -0.3 is 0 Å². The summed E-state index contributed by atoms with van der Waals surface area (Å²) in [5.41, 5.74) is 2.38. The molecule has 18 heavy (non-hydrogen) atoms. The van der Waals surface area contributed by atoms with E-state index in [1.165, 1.54) is 41.1 Å². The summed E-state index contributed by atoms with van der Waals surface area (Å²) >= 11 is 5.51. The van der Waals surface area contributed by atoms with Crippen LogP contribution in [0.5, 0.6) is 0 Å². The number of aromatic nitrogens is 1. The minimum Gasteiger partial charge on any atom is -0.241 e. The SMILES string of the molecule is Cc1sc(C2CCCC2)nc1-c1ccccc1Br. The van der Waals surface area contributed by atoms with Crippen molar-refractivity contribution >= 4 is 27.3 Å². The molecular formula is C15H16BrNS. The molecule has 0 amide bonds. The fraction of sp³-hybridized carbons (Fsp3) is 0.400. The van der Waals surface area contributed by atoms with Gasteiger partial charge in [0.05, 0.1) is 10.7 Å². The average molecular weight is 322 g/mol. The van der Waals surface area contributed by atoms with E-state index in [1.807, 2.05) is 17.4 Å². The molecule has 0 N–H and O–H groups in total. The van der Waals surface area contributed by atoms with Crippen LogP contribution < -0.4 is 0 Å². The molecule has 1 nitrogen and oxygen atoms in total. The predicted octanol–water partition coefficient (Wildman–Crippen LogP) is 5.54. The van der Waals surface area contributed by atoms with Crippen LogP contribution in [0.15, 0.2) is 28.7 Å². The van der Waals surface area contributed by atoms with Crippen LogP contribution in [-0.4, -0.2) is 4.98 Å². The van der Waals surface area contributed by atoms with Crippen molar-refractivity contribution in [1.29, 1.82) is 0 Å². The van der Waals surface area contributed by atoms with Crippen LogP contribution in [0.3, 0.4) is 0 Å². The Balaban J connectivity index is 2.00. The van der Waals surface area contributed by atoms with Crippen molar-refractivity contribution in [2.24, 2.45) is 0 Å². The lowest BCUT2D eigenvalue weighted by Crippen LogP contribution is -1.91. The predicted molar refractivity (Wildman–Crippen MR) is 81.2 cm³/mol. The van der Waals surface area contributed by atoms with E-state index >= 15 is 0 Å². The highest BCUT2D eigenvalue weighted by atomic mass is 79.9. The summed E-state index contributed by atoms with van der Waals surface area (Å²) in [4.78, 5) is 6.25. The van der Waals surface area contributed by atoms with E-state index in [0.29, 0.717) is 5.92 Å². The lowest BCUT2D eigenvalue weighted by atomic mass is 10.1. The standard InChI is InChI=1S/C15H16BrNS/c1-10-14(12-8-4-5-9-13(12)16)17-15(18-10)11-6-2-3-7-11/h4-5,8-9,11H,2-3,6-7H2,1H3. The highest BCUT2D eigenvalue weighted by Crippen LogP contribution is 2.40. The highest BCUT2D eigenvalue weighted by Gasteiger charge is 2.22. The van der Waals surface area contributed by atoms with Crippen molar-refractivity contribution in [3.05, 3.63) is 38.6 Å². The fourth-order valence-electron chi connectivity index (χ4n) is 2.67. The number of benzene rings is 1. The molecule has 1 aliphatic rings. The summed E-state index contributed by atoms with van der Waals surface area (Å²) in [6.07, 6.45) is 5.38. The molecule has 3 rings (SSSR count). The van der Waals surface area contributed by atoms with Gasteiger partial charge in [-0.25, -0.2) is 4.98 Å². The number of rotatable bonds is 2. The van der Waals surface area contributed by atoms with Gasteiger partial charge in [-0.1, -0.05) is 47.0 Å². The van der Waals surface area contributed by atoms with Crippen LogP contribution in [0.2, 0.25) is 0 Å². The third kappa shape index (κ3) is 2.26. The minimum atomic E-state index is 0.713. The van der Waals surface area contributed by atoms with E-state index in [2.05, 4.69) is 41.1 Å². The fourth-order valence-corrected chi connectivity index (χ4v) is 4.25. The summed E-state index contributed by atoms with van der Waals surface area (Å²) in [6.45, 7) is 2.19. The third-order valence-electron chi connectivity index (χ3n) is 3.65. The first-order valence-electron chi connectivity index (χ1n) is 6.48. The first kappa shape index (κ1) is 12.4. The third-order valence-corrected chi connectivity index (χ3v) is 5.47. The quantitative estimate of drug-likeness (QED) is 0.707. The Bertz CT molecular complexity index is 555. The van der Waals surface area contributed by atoms with Gasteiger partial charge in [0, 0.05) is 20.8 Å². The first-order valence-corrected chi connectivity index (χ1v) is 8.09. The normalized spacial score (nSPS) is 16.3. The van der Waals surface area contributed by atoms with E-state index in [4.69, 9.17) is 4.98 Å². The van der Waals surface area contributed by atoms with Crippen LogP contribution >= 0.6 is 27.3 Å². The largest absolute Gasteiger partial charge is 0.241 e. The molecule has 0 unspecified atom stereocenters. The first-order chi connectivity index (χ1) is 8.75. The molecule has 0 aliphatic heterocycles. The summed E-state index contributed by atoms with van der Waals surface area (Å²) < 4.78 is 1.14. The number of hydrogen-bond acceptors (Lipinski definition) is 2. The minimum absolute atomic E-state index is 0.713. The van der Waals surface area contributed by atoms with Crippen molar-refractivity contribution in [3.8, 4) is 11.3 Å². The van der Waals surface area contributed by atoms with Crippen molar-refractivity contribution in [1.82, 2.24) is 4.98 Å². The second kappa shape index (κ2) is 5.14. The molecule has 1 aromatic heterocycles. The lowest BCUT2D eigenvalue weighted by Gasteiger charge is -2.03. The zero-order valence-corrected chi connectivity index (χ0v) is 12.9. The van der Waals surface area contributed by atoms with Gasteiger partial charge in [-0.05, 0) is 25.8 Å². The van der Waals surface area contributed by atoms with E-state index in [0.717, 1.165) is 10.2 Å². The van der Waals surface area contributed by atoms with Crippen molar-refractivity contribution in [2.75, 3.05) is 0 Å². The number of aryl methyl sites for hydroxylation is 1. The molecule has 1 saturated carbocycles. The van der Waals surface area contributed by atoms with Crippen LogP contribution in [-0.2, 0) is 0 Å². The molecule has 1 aromatic carbocycles. The molecule has 2 aromatic rings. The molecule has 0 spiro atoms. The van der Waals surface area contributed by atoms with Crippen LogP contribution in [0.25, 0.3) is 11.3 Å². The average Bonchev–Trinajstić information content (AvgIpc) is 2.99. The van der Waals surface area contributed by atoms with Crippen molar-refractivity contribution in [3.63, 3.8) is 0 Å². The number of thiazole rings is 1. The maximum atomic E-state index is 4.91. The number of hydrogen-bond donors (Lipinski definition) is 0. The second-order valence-corrected chi connectivity index (χ2v) is 7.01. The zero-order chi connectivity index (χ0) is 12.5. The molecule has 1 aliphatic carbocycles. The zero-order valence-electron chi connectivity index (χ0n) is 10.4. The van der Waals surface area contributed by atoms with Gasteiger partial charge in [0.15, 0.2) is 0 Å². The summed E-state index contributed by atoms with van der Waals surface area (Å²) in [7, 11) is 0.